The lowest BCUT2D eigenvalue weighted by atomic mass is 10.1. The Hall–Kier alpha value is -3.15. The Morgan fingerprint density at radius 1 is 1.11 bits per heavy atom. The van der Waals surface area contributed by atoms with Gasteiger partial charge in [0, 0.05) is 6.04 Å². The Morgan fingerprint density at radius 3 is 2.67 bits per heavy atom. The second-order valence-electron chi connectivity index (χ2n) is 6.51. The van der Waals surface area contributed by atoms with Crippen molar-refractivity contribution in [2.75, 3.05) is 6.61 Å². The van der Waals surface area contributed by atoms with E-state index >= 15 is 0 Å². The molecule has 1 N–H and O–H groups in total. The number of carbonyl (C=O) groups excluding carboxylic acids is 2. The minimum atomic E-state index is -0.467. The van der Waals surface area contributed by atoms with Crippen LogP contribution in [0.1, 0.15) is 18.9 Å². The van der Waals surface area contributed by atoms with Crippen LogP contribution in [-0.4, -0.2) is 34.1 Å². The van der Waals surface area contributed by atoms with Crippen molar-refractivity contribution < 1.29 is 14.3 Å². The topological polar surface area (TPSA) is 73.2 Å². The molecular weight excluding hydrogens is 342 g/mol. The van der Waals surface area contributed by atoms with E-state index in [1.54, 1.807) is 10.9 Å². The van der Waals surface area contributed by atoms with Crippen LogP contribution in [0.3, 0.4) is 0 Å². The van der Waals surface area contributed by atoms with Crippen molar-refractivity contribution in [1.29, 1.82) is 0 Å². The Balaban J connectivity index is 1.40. The molecule has 3 rings (SSSR count). The molecule has 0 saturated carbocycles. The zero-order valence-electron chi connectivity index (χ0n) is 15.3. The largest absolute Gasteiger partial charge is 0.454 e. The molecular formula is C21H23N3O3. The molecule has 0 saturated heterocycles. The monoisotopic (exact) mass is 365 g/mol. The summed E-state index contributed by atoms with van der Waals surface area (Å²) < 4.78 is 6.80. The first-order valence-electron chi connectivity index (χ1n) is 9.00. The van der Waals surface area contributed by atoms with E-state index in [-0.39, 0.29) is 25.1 Å². The number of para-hydroxylation sites is 2. The summed E-state index contributed by atoms with van der Waals surface area (Å²) in [6.07, 6.45) is 3.30. The van der Waals surface area contributed by atoms with Crippen LogP contribution in [-0.2, 0) is 27.3 Å². The highest BCUT2D eigenvalue weighted by Crippen LogP contribution is 2.11. The maximum Gasteiger partial charge on any atom is 0.326 e. The molecule has 27 heavy (non-hydrogen) atoms. The van der Waals surface area contributed by atoms with Gasteiger partial charge in [-0.15, -0.1) is 0 Å². The summed E-state index contributed by atoms with van der Waals surface area (Å²) in [7, 11) is 0. The maximum absolute atomic E-state index is 12.0. The Labute approximate surface area is 158 Å². The van der Waals surface area contributed by atoms with E-state index in [4.69, 9.17) is 4.74 Å². The number of esters is 1. The fourth-order valence-corrected chi connectivity index (χ4v) is 2.88. The van der Waals surface area contributed by atoms with Crippen LogP contribution in [0.25, 0.3) is 11.0 Å². The third-order valence-electron chi connectivity index (χ3n) is 4.31. The number of benzene rings is 2. The van der Waals surface area contributed by atoms with Crippen LogP contribution in [0, 0.1) is 0 Å². The van der Waals surface area contributed by atoms with Gasteiger partial charge in [-0.1, -0.05) is 42.5 Å². The average molecular weight is 365 g/mol. The van der Waals surface area contributed by atoms with Crippen molar-refractivity contribution in [2.24, 2.45) is 0 Å². The van der Waals surface area contributed by atoms with Gasteiger partial charge in [-0.3, -0.25) is 9.59 Å². The number of aryl methyl sites for hydroxylation is 1. The van der Waals surface area contributed by atoms with Crippen molar-refractivity contribution in [3.8, 4) is 0 Å². The van der Waals surface area contributed by atoms with Crippen LogP contribution in [0.2, 0.25) is 0 Å². The lowest BCUT2D eigenvalue weighted by molar-refractivity contribution is -0.149. The van der Waals surface area contributed by atoms with Crippen LogP contribution in [0.5, 0.6) is 0 Å². The summed E-state index contributed by atoms with van der Waals surface area (Å²) in [4.78, 5) is 28.2. The molecule has 0 fully saturated rings. The number of hydrogen-bond acceptors (Lipinski definition) is 4. The van der Waals surface area contributed by atoms with Gasteiger partial charge in [0.2, 0.25) is 0 Å². The Kier molecular flexibility index (Phi) is 6.20. The molecule has 1 heterocycles. The second-order valence-corrected chi connectivity index (χ2v) is 6.51. The smallest absolute Gasteiger partial charge is 0.326 e. The molecule has 1 atom stereocenters. The van der Waals surface area contributed by atoms with Gasteiger partial charge in [-0.25, -0.2) is 4.98 Å². The van der Waals surface area contributed by atoms with Gasteiger partial charge >= 0.3 is 5.97 Å². The highest BCUT2D eigenvalue weighted by atomic mass is 16.5. The van der Waals surface area contributed by atoms with E-state index in [1.807, 2.05) is 49.4 Å². The minimum Gasteiger partial charge on any atom is -0.454 e. The maximum atomic E-state index is 12.0. The van der Waals surface area contributed by atoms with E-state index in [9.17, 15) is 9.59 Å². The fraction of sp³-hybridized carbons (Fsp3) is 0.286. The first-order chi connectivity index (χ1) is 13.1. The number of nitrogens with zero attached hydrogens (tertiary/aromatic N) is 2. The SMILES string of the molecule is C[C@H](CCc1ccccc1)NC(=O)COC(=O)Cn1cnc2ccccc21. The van der Waals surface area contributed by atoms with Gasteiger partial charge in [0.05, 0.1) is 17.4 Å². The van der Waals surface area contributed by atoms with Gasteiger partial charge in [0.25, 0.3) is 5.91 Å². The number of aromatic nitrogens is 2. The predicted molar refractivity (Wildman–Crippen MR) is 103 cm³/mol. The van der Waals surface area contributed by atoms with Crippen molar-refractivity contribution in [2.45, 2.75) is 32.4 Å². The highest BCUT2D eigenvalue weighted by Gasteiger charge is 2.12. The number of carbonyl (C=O) groups is 2. The normalized spacial score (nSPS) is 11.9. The summed E-state index contributed by atoms with van der Waals surface area (Å²) in [5.41, 5.74) is 2.90. The standard InChI is InChI=1S/C21H23N3O3/c1-16(11-12-17-7-3-2-4-8-17)23-20(25)14-27-21(26)13-24-15-22-18-9-5-6-10-19(18)24/h2-10,15-16H,11-14H2,1H3,(H,23,25)/t16-/m1/s1. The lowest BCUT2D eigenvalue weighted by Gasteiger charge is -2.14. The molecule has 1 amide bonds. The molecule has 0 bridgehead atoms. The quantitative estimate of drug-likeness (QED) is 0.623. The van der Waals surface area contributed by atoms with Crippen molar-refractivity contribution in [3.63, 3.8) is 0 Å². The van der Waals surface area contributed by atoms with Gasteiger partial charge in [-0.2, -0.15) is 0 Å². The molecule has 6 nitrogen and oxygen atoms in total. The Morgan fingerprint density at radius 2 is 1.85 bits per heavy atom. The van der Waals surface area contributed by atoms with Crippen molar-refractivity contribution in [1.82, 2.24) is 14.9 Å². The molecule has 140 valence electrons. The summed E-state index contributed by atoms with van der Waals surface area (Å²) in [5, 5.41) is 2.86. The van der Waals surface area contributed by atoms with Crippen molar-refractivity contribution >= 4 is 22.9 Å². The van der Waals surface area contributed by atoms with Gasteiger partial charge in [-0.05, 0) is 37.5 Å². The summed E-state index contributed by atoms with van der Waals surface area (Å²) in [6.45, 7) is 1.69. The van der Waals surface area contributed by atoms with E-state index in [0.717, 1.165) is 23.9 Å². The zero-order chi connectivity index (χ0) is 19.1. The molecule has 0 aliphatic rings. The first kappa shape index (κ1) is 18.6. The summed E-state index contributed by atoms with van der Waals surface area (Å²) in [6, 6.07) is 17.7. The number of fused-ring (bicyclic) bond motifs is 1. The van der Waals surface area contributed by atoms with Crippen LogP contribution in [0.15, 0.2) is 60.9 Å². The third kappa shape index (κ3) is 5.41. The third-order valence-corrected chi connectivity index (χ3v) is 4.31. The van der Waals surface area contributed by atoms with E-state index in [1.165, 1.54) is 5.56 Å². The van der Waals surface area contributed by atoms with Crippen LogP contribution in [0.4, 0.5) is 0 Å². The number of imidazole rings is 1. The molecule has 0 spiro atoms. The number of ether oxygens (including phenoxy) is 1. The lowest BCUT2D eigenvalue weighted by Crippen LogP contribution is -2.36. The molecule has 0 radical (unpaired) electrons. The van der Waals surface area contributed by atoms with Crippen LogP contribution >= 0.6 is 0 Å². The summed E-state index contributed by atoms with van der Waals surface area (Å²) in [5.74, 6) is -0.760. The fourth-order valence-electron chi connectivity index (χ4n) is 2.88. The van der Waals surface area contributed by atoms with E-state index in [2.05, 4.69) is 22.4 Å². The summed E-state index contributed by atoms with van der Waals surface area (Å²) >= 11 is 0. The van der Waals surface area contributed by atoms with Crippen molar-refractivity contribution in [3.05, 3.63) is 66.5 Å². The Bertz CT molecular complexity index is 905. The first-order valence-corrected chi connectivity index (χ1v) is 9.00. The zero-order valence-corrected chi connectivity index (χ0v) is 15.3. The molecule has 1 aromatic heterocycles. The number of rotatable bonds is 8. The van der Waals surface area contributed by atoms with Gasteiger partial charge in [0.1, 0.15) is 6.54 Å². The number of nitrogens with one attached hydrogen (secondary N) is 1. The van der Waals surface area contributed by atoms with E-state index in [0.29, 0.717) is 0 Å². The minimum absolute atomic E-state index is 0.00833. The molecule has 0 aliphatic carbocycles. The molecule has 0 aliphatic heterocycles. The molecule has 0 unspecified atom stereocenters. The van der Waals surface area contributed by atoms with Crippen LogP contribution < -0.4 is 5.32 Å². The number of hydrogen-bond donors (Lipinski definition) is 1. The highest BCUT2D eigenvalue weighted by molar-refractivity contribution is 5.81. The predicted octanol–water partition coefficient (Wildman–Crippen LogP) is 2.72. The molecule has 3 aromatic rings. The second kappa shape index (κ2) is 8.98. The molecule has 6 heteroatoms. The average Bonchev–Trinajstić information content (AvgIpc) is 3.08. The van der Waals surface area contributed by atoms with Gasteiger partial charge in [0.15, 0.2) is 6.61 Å². The molecule has 2 aromatic carbocycles. The van der Waals surface area contributed by atoms with Gasteiger partial charge < -0.3 is 14.6 Å². The van der Waals surface area contributed by atoms with E-state index < -0.39 is 5.97 Å². The number of amides is 1.